The van der Waals surface area contributed by atoms with Crippen LogP contribution in [0, 0.1) is 0 Å². The minimum atomic E-state index is -0.415. The Morgan fingerprint density at radius 1 is 1.40 bits per heavy atom. The Hall–Kier alpha value is -2.12. The lowest BCUT2D eigenvalue weighted by Crippen LogP contribution is -2.49. The van der Waals surface area contributed by atoms with Crippen molar-refractivity contribution in [2.75, 3.05) is 19.6 Å². The Bertz CT molecular complexity index is 595. The Labute approximate surface area is 148 Å². The van der Waals surface area contributed by atoms with Crippen LogP contribution in [0.1, 0.15) is 46.0 Å². The molecular weight excluding hydrogens is 322 g/mol. The molecule has 0 aromatic carbocycles. The van der Waals surface area contributed by atoms with E-state index < -0.39 is 5.60 Å². The molecule has 2 aliphatic rings. The molecule has 2 fully saturated rings. The van der Waals surface area contributed by atoms with Gasteiger partial charge in [0, 0.05) is 38.4 Å². The lowest BCUT2D eigenvalue weighted by molar-refractivity contribution is -0.134. The van der Waals surface area contributed by atoms with E-state index in [-0.39, 0.29) is 18.0 Å². The number of nitrogens with zero attached hydrogens (tertiary/aromatic N) is 5. The van der Waals surface area contributed by atoms with Crippen molar-refractivity contribution in [2.45, 2.75) is 64.1 Å². The van der Waals surface area contributed by atoms with E-state index in [4.69, 9.17) is 4.74 Å². The molecule has 8 heteroatoms. The molecule has 1 atom stereocenters. The van der Waals surface area contributed by atoms with E-state index in [0.29, 0.717) is 45.4 Å². The molecule has 0 bridgehead atoms. The van der Waals surface area contributed by atoms with Crippen molar-refractivity contribution in [1.82, 2.24) is 24.6 Å². The highest BCUT2D eigenvalue weighted by Gasteiger charge is 2.48. The van der Waals surface area contributed by atoms with Crippen LogP contribution in [0.5, 0.6) is 0 Å². The number of hydrogen-bond acceptors (Lipinski definition) is 5. The monoisotopic (exact) mass is 349 g/mol. The molecule has 2 amide bonds. The second-order valence-corrected chi connectivity index (χ2v) is 7.11. The van der Waals surface area contributed by atoms with Gasteiger partial charge in [0.2, 0.25) is 5.91 Å². The lowest BCUT2D eigenvalue weighted by Gasteiger charge is -2.37. The van der Waals surface area contributed by atoms with Crippen molar-refractivity contribution >= 4 is 12.0 Å². The summed E-state index contributed by atoms with van der Waals surface area (Å²) in [6.45, 7) is 6.66. The van der Waals surface area contributed by atoms with E-state index in [2.05, 4.69) is 23.9 Å². The summed E-state index contributed by atoms with van der Waals surface area (Å²) in [5, 5.41) is 4.01. The molecule has 0 unspecified atom stereocenters. The highest BCUT2D eigenvalue weighted by atomic mass is 16.6. The van der Waals surface area contributed by atoms with Crippen molar-refractivity contribution in [3.63, 3.8) is 0 Å². The number of carbonyl (C=O) groups is 2. The Kier molecular flexibility index (Phi) is 5.24. The van der Waals surface area contributed by atoms with Crippen LogP contribution in [0.4, 0.5) is 4.79 Å². The molecule has 0 saturated carbocycles. The zero-order valence-corrected chi connectivity index (χ0v) is 15.1. The SMILES string of the molecule is CCC[C@@H](C)N1CC2(CCN(C(=O)CCn3cncn3)CC2)OC1=O. The molecule has 1 aromatic rings. The fourth-order valence-corrected chi connectivity index (χ4v) is 3.70. The number of ether oxygens (including phenoxy) is 1. The maximum absolute atomic E-state index is 12.4. The minimum Gasteiger partial charge on any atom is -0.441 e. The molecule has 3 heterocycles. The normalized spacial score (nSPS) is 20.8. The van der Waals surface area contributed by atoms with Gasteiger partial charge in [0.15, 0.2) is 0 Å². The summed E-state index contributed by atoms with van der Waals surface area (Å²) in [5.41, 5.74) is -0.415. The number of aryl methyl sites for hydroxylation is 1. The van der Waals surface area contributed by atoms with Gasteiger partial charge in [0.25, 0.3) is 0 Å². The highest BCUT2D eigenvalue weighted by molar-refractivity contribution is 5.76. The molecule has 3 rings (SSSR count). The Balaban J connectivity index is 1.49. The van der Waals surface area contributed by atoms with Gasteiger partial charge in [0.05, 0.1) is 13.1 Å². The average molecular weight is 349 g/mol. The molecule has 25 heavy (non-hydrogen) atoms. The van der Waals surface area contributed by atoms with Crippen LogP contribution in [-0.2, 0) is 16.1 Å². The van der Waals surface area contributed by atoms with Gasteiger partial charge in [0.1, 0.15) is 18.3 Å². The smallest absolute Gasteiger partial charge is 0.410 e. The number of rotatable bonds is 6. The number of carbonyl (C=O) groups excluding carboxylic acids is 2. The molecule has 0 N–H and O–H groups in total. The molecule has 2 aliphatic heterocycles. The van der Waals surface area contributed by atoms with Crippen LogP contribution in [0.3, 0.4) is 0 Å². The standard InChI is InChI=1S/C17H27N5O3/c1-3-4-14(2)22-11-17(25-16(22)24)6-9-20(10-7-17)15(23)5-8-21-13-18-12-19-21/h12-14H,3-11H2,1-2H3/t14-/m1/s1. The summed E-state index contributed by atoms with van der Waals surface area (Å²) in [5.74, 6) is 0.117. The van der Waals surface area contributed by atoms with Crippen molar-refractivity contribution in [3.05, 3.63) is 12.7 Å². The summed E-state index contributed by atoms with van der Waals surface area (Å²) in [4.78, 5) is 32.2. The van der Waals surface area contributed by atoms with E-state index >= 15 is 0 Å². The van der Waals surface area contributed by atoms with E-state index in [1.165, 1.54) is 6.33 Å². The highest BCUT2D eigenvalue weighted by Crippen LogP contribution is 2.34. The number of likely N-dealkylation sites (tertiary alicyclic amines) is 1. The zero-order valence-electron chi connectivity index (χ0n) is 15.1. The summed E-state index contributed by atoms with van der Waals surface area (Å²) >= 11 is 0. The van der Waals surface area contributed by atoms with Gasteiger partial charge in [-0.05, 0) is 13.3 Å². The predicted molar refractivity (Wildman–Crippen MR) is 90.7 cm³/mol. The van der Waals surface area contributed by atoms with Crippen LogP contribution < -0.4 is 0 Å². The fourth-order valence-electron chi connectivity index (χ4n) is 3.70. The van der Waals surface area contributed by atoms with Gasteiger partial charge in [-0.15, -0.1) is 0 Å². The van der Waals surface area contributed by atoms with E-state index in [1.807, 2.05) is 9.80 Å². The van der Waals surface area contributed by atoms with Crippen molar-refractivity contribution < 1.29 is 14.3 Å². The topological polar surface area (TPSA) is 80.6 Å². The van der Waals surface area contributed by atoms with Gasteiger partial charge in [-0.3, -0.25) is 9.48 Å². The van der Waals surface area contributed by atoms with Crippen LogP contribution in [0.2, 0.25) is 0 Å². The first-order valence-electron chi connectivity index (χ1n) is 9.13. The van der Waals surface area contributed by atoms with Crippen molar-refractivity contribution in [3.8, 4) is 0 Å². The molecule has 1 spiro atoms. The van der Waals surface area contributed by atoms with Crippen LogP contribution in [-0.4, -0.2) is 67.8 Å². The molecule has 1 aromatic heterocycles. The van der Waals surface area contributed by atoms with E-state index in [9.17, 15) is 9.59 Å². The van der Waals surface area contributed by atoms with Crippen molar-refractivity contribution in [2.24, 2.45) is 0 Å². The fraction of sp³-hybridized carbons (Fsp3) is 0.765. The first kappa shape index (κ1) is 17.7. The van der Waals surface area contributed by atoms with Gasteiger partial charge >= 0.3 is 6.09 Å². The third-order valence-corrected chi connectivity index (χ3v) is 5.28. The maximum Gasteiger partial charge on any atom is 0.410 e. The Morgan fingerprint density at radius 2 is 2.16 bits per heavy atom. The van der Waals surface area contributed by atoms with Crippen molar-refractivity contribution in [1.29, 1.82) is 0 Å². The first-order valence-corrected chi connectivity index (χ1v) is 9.13. The summed E-state index contributed by atoms with van der Waals surface area (Å²) in [7, 11) is 0. The van der Waals surface area contributed by atoms with Crippen LogP contribution >= 0.6 is 0 Å². The van der Waals surface area contributed by atoms with Gasteiger partial charge in [-0.25, -0.2) is 9.78 Å². The lowest BCUT2D eigenvalue weighted by atomic mass is 9.90. The first-order chi connectivity index (χ1) is 12.0. The zero-order chi connectivity index (χ0) is 17.9. The number of hydrogen-bond donors (Lipinski definition) is 0. The largest absolute Gasteiger partial charge is 0.441 e. The quantitative estimate of drug-likeness (QED) is 0.780. The summed E-state index contributed by atoms with van der Waals surface area (Å²) in [6.07, 6.45) is 6.75. The third-order valence-electron chi connectivity index (χ3n) is 5.28. The second-order valence-electron chi connectivity index (χ2n) is 7.11. The van der Waals surface area contributed by atoms with Gasteiger partial charge in [-0.2, -0.15) is 5.10 Å². The maximum atomic E-state index is 12.4. The van der Waals surface area contributed by atoms with Gasteiger partial charge in [-0.1, -0.05) is 13.3 Å². The molecular formula is C17H27N5O3. The summed E-state index contributed by atoms with van der Waals surface area (Å²) in [6, 6.07) is 0.208. The molecule has 8 nitrogen and oxygen atoms in total. The molecule has 138 valence electrons. The van der Waals surface area contributed by atoms with Gasteiger partial charge < -0.3 is 14.5 Å². The molecule has 0 radical (unpaired) electrons. The molecule has 2 saturated heterocycles. The third kappa shape index (κ3) is 3.93. The minimum absolute atomic E-state index is 0.117. The average Bonchev–Trinajstić information content (AvgIpc) is 3.22. The Morgan fingerprint density at radius 3 is 2.80 bits per heavy atom. The number of amides is 2. The number of piperidine rings is 1. The van der Waals surface area contributed by atoms with E-state index in [1.54, 1.807) is 11.0 Å². The predicted octanol–water partition coefficient (Wildman–Crippen LogP) is 1.67. The second kappa shape index (κ2) is 7.41. The summed E-state index contributed by atoms with van der Waals surface area (Å²) < 4.78 is 7.41. The van der Waals surface area contributed by atoms with Crippen LogP contribution in [0.25, 0.3) is 0 Å². The van der Waals surface area contributed by atoms with E-state index in [0.717, 1.165) is 12.8 Å². The molecule has 0 aliphatic carbocycles. The van der Waals surface area contributed by atoms with Crippen LogP contribution in [0.15, 0.2) is 12.7 Å². The number of aromatic nitrogens is 3.